The van der Waals surface area contributed by atoms with Crippen LogP contribution in [0.3, 0.4) is 0 Å². The number of aromatic nitrogens is 2. The average molecular weight is 239 g/mol. The molecule has 0 saturated heterocycles. The van der Waals surface area contributed by atoms with Crippen molar-refractivity contribution in [1.29, 1.82) is 0 Å². The molecule has 2 aromatic heterocycles. The Labute approximate surface area is 85.7 Å². The first-order valence-electron chi connectivity index (χ1n) is 4.21. The predicted octanol–water partition coefficient (Wildman–Crippen LogP) is 3.02. The van der Waals surface area contributed by atoms with Crippen LogP contribution in [0.15, 0.2) is 16.7 Å². The molecule has 0 saturated carbocycles. The largest absolute Gasteiger partial charge is 0.303 e. The number of pyridine rings is 1. The Morgan fingerprint density at radius 1 is 1.31 bits per heavy atom. The third-order valence-corrected chi connectivity index (χ3v) is 2.78. The number of fused-ring (bicyclic) bond motifs is 1. The van der Waals surface area contributed by atoms with E-state index < -0.39 is 0 Å². The standard InChI is InChI=1S/C10H11BrN2/c1-6-4-9(11)5-13-8(3)7(2)12-10(6)13/h4-5H,1-3H3. The van der Waals surface area contributed by atoms with Crippen LogP contribution in [0.25, 0.3) is 5.65 Å². The van der Waals surface area contributed by atoms with Crippen molar-refractivity contribution in [3.05, 3.63) is 33.7 Å². The Balaban J connectivity index is 2.94. The minimum Gasteiger partial charge on any atom is -0.303 e. The fourth-order valence-corrected chi connectivity index (χ4v) is 2.04. The molecule has 0 fully saturated rings. The highest BCUT2D eigenvalue weighted by atomic mass is 79.9. The molecule has 13 heavy (non-hydrogen) atoms. The summed E-state index contributed by atoms with van der Waals surface area (Å²) in [5, 5.41) is 0. The molecule has 0 bridgehead atoms. The van der Waals surface area contributed by atoms with Gasteiger partial charge in [-0.05, 0) is 48.3 Å². The highest BCUT2D eigenvalue weighted by molar-refractivity contribution is 9.10. The molecule has 2 rings (SSSR count). The van der Waals surface area contributed by atoms with Crippen molar-refractivity contribution in [3.8, 4) is 0 Å². The molecule has 2 heterocycles. The lowest BCUT2D eigenvalue weighted by Gasteiger charge is -2.00. The normalized spacial score (nSPS) is 11.1. The van der Waals surface area contributed by atoms with Crippen LogP contribution in [0.4, 0.5) is 0 Å². The second kappa shape index (κ2) is 2.84. The molecule has 0 aliphatic carbocycles. The number of nitrogens with zero attached hydrogens (tertiary/aromatic N) is 2. The third-order valence-electron chi connectivity index (χ3n) is 2.35. The lowest BCUT2D eigenvalue weighted by atomic mass is 10.3. The van der Waals surface area contributed by atoms with Crippen LogP contribution in [0, 0.1) is 20.8 Å². The first kappa shape index (κ1) is 8.75. The predicted molar refractivity (Wildman–Crippen MR) is 57.1 cm³/mol. The van der Waals surface area contributed by atoms with Gasteiger partial charge in [0.15, 0.2) is 0 Å². The van der Waals surface area contributed by atoms with Crippen LogP contribution in [0.1, 0.15) is 17.0 Å². The van der Waals surface area contributed by atoms with Crippen LogP contribution in [-0.4, -0.2) is 9.38 Å². The lowest BCUT2D eigenvalue weighted by Crippen LogP contribution is -1.89. The maximum Gasteiger partial charge on any atom is 0.140 e. The van der Waals surface area contributed by atoms with E-state index in [4.69, 9.17) is 0 Å². The molecule has 0 N–H and O–H groups in total. The fourth-order valence-electron chi connectivity index (χ4n) is 1.49. The molecule has 2 nitrogen and oxygen atoms in total. The Hall–Kier alpha value is -0.830. The number of hydrogen-bond donors (Lipinski definition) is 0. The first-order chi connectivity index (χ1) is 6.09. The lowest BCUT2D eigenvalue weighted by molar-refractivity contribution is 1.08. The molecule has 0 atom stereocenters. The zero-order valence-corrected chi connectivity index (χ0v) is 9.51. The average Bonchev–Trinajstić information content (AvgIpc) is 2.32. The summed E-state index contributed by atoms with van der Waals surface area (Å²) in [6.45, 7) is 6.20. The van der Waals surface area contributed by atoms with Gasteiger partial charge in [0.25, 0.3) is 0 Å². The van der Waals surface area contributed by atoms with E-state index in [9.17, 15) is 0 Å². The van der Waals surface area contributed by atoms with Crippen LogP contribution >= 0.6 is 15.9 Å². The molecule has 0 aliphatic heterocycles. The van der Waals surface area contributed by atoms with Crippen molar-refractivity contribution in [3.63, 3.8) is 0 Å². The van der Waals surface area contributed by atoms with Crippen molar-refractivity contribution in [1.82, 2.24) is 9.38 Å². The molecule has 68 valence electrons. The van der Waals surface area contributed by atoms with Gasteiger partial charge in [-0.15, -0.1) is 0 Å². The number of rotatable bonds is 0. The van der Waals surface area contributed by atoms with Crippen molar-refractivity contribution in [2.75, 3.05) is 0 Å². The summed E-state index contributed by atoms with van der Waals surface area (Å²) in [6.07, 6.45) is 2.05. The molecule has 0 amide bonds. The number of aryl methyl sites for hydroxylation is 3. The molecule has 2 aromatic rings. The van der Waals surface area contributed by atoms with Crippen LogP contribution in [-0.2, 0) is 0 Å². The maximum absolute atomic E-state index is 4.50. The van der Waals surface area contributed by atoms with Crippen LogP contribution < -0.4 is 0 Å². The van der Waals surface area contributed by atoms with Gasteiger partial charge >= 0.3 is 0 Å². The Morgan fingerprint density at radius 3 is 2.69 bits per heavy atom. The number of hydrogen-bond acceptors (Lipinski definition) is 1. The van der Waals surface area contributed by atoms with Gasteiger partial charge in [-0.1, -0.05) is 0 Å². The number of imidazole rings is 1. The van der Waals surface area contributed by atoms with Crippen LogP contribution in [0.2, 0.25) is 0 Å². The second-order valence-electron chi connectivity index (χ2n) is 3.32. The monoisotopic (exact) mass is 238 g/mol. The minimum atomic E-state index is 1.05. The summed E-state index contributed by atoms with van der Waals surface area (Å²) in [5.74, 6) is 0. The SMILES string of the molecule is Cc1nc2c(C)cc(Br)cn2c1C. The van der Waals surface area contributed by atoms with E-state index in [1.54, 1.807) is 0 Å². The summed E-state index contributed by atoms with van der Waals surface area (Å²) < 4.78 is 3.22. The van der Waals surface area contributed by atoms with E-state index in [1.165, 1.54) is 11.3 Å². The fraction of sp³-hybridized carbons (Fsp3) is 0.300. The molecular weight excluding hydrogens is 228 g/mol. The smallest absolute Gasteiger partial charge is 0.140 e. The van der Waals surface area contributed by atoms with Crippen molar-refractivity contribution >= 4 is 21.6 Å². The Kier molecular flexibility index (Phi) is 1.91. The molecule has 0 radical (unpaired) electrons. The summed E-state index contributed by atoms with van der Waals surface area (Å²) >= 11 is 3.48. The van der Waals surface area contributed by atoms with E-state index in [2.05, 4.69) is 51.4 Å². The van der Waals surface area contributed by atoms with E-state index in [1.807, 2.05) is 6.92 Å². The summed E-state index contributed by atoms with van der Waals surface area (Å²) in [6, 6.07) is 2.08. The Morgan fingerprint density at radius 2 is 2.00 bits per heavy atom. The summed E-state index contributed by atoms with van der Waals surface area (Å²) in [5.41, 5.74) is 4.56. The van der Waals surface area contributed by atoms with E-state index in [0.717, 1.165) is 15.8 Å². The molecule has 0 aliphatic rings. The van der Waals surface area contributed by atoms with E-state index >= 15 is 0 Å². The zero-order valence-electron chi connectivity index (χ0n) is 7.93. The number of halogens is 1. The van der Waals surface area contributed by atoms with Crippen molar-refractivity contribution < 1.29 is 0 Å². The summed E-state index contributed by atoms with van der Waals surface area (Å²) in [4.78, 5) is 4.50. The van der Waals surface area contributed by atoms with Gasteiger partial charge in [0.2, 0.25) is 0 Å². The highest BCUT2D eigenvalue weighted by Gasteiger charge is 2.06. The van der Waals surface area contributed by atoms with Gasteiger partial charge in [-0.3, -0.25) is 0 Å². The molecular formula is C10H11BrN2. The van der Waals surface area contributed by atoms with Crippen LogP contribution in [0.5, 0.6) is 0 Å². The quantitative estimate of drug-likeness (QED) is 0.690. The van der Waals surface area contributed by atoms with E-state index in [0.29, 0.717) is 0 Å². The van der Waals surface area contributed by atoms with Crippen molar-refractivity contribution in [2.45, 2.75) is 20.8 Å². The zero-order chi connectivity index (χ0) is 9.59. The molecule has 0 unspecified atom stereocenters. The van der Waals surface area contributed by atoms with Gasteiger partial charge in [-0.2, -0.15) is 0 Å². The van der Waals surface area contributed by atoms with Gasteiger partial charge in [-0.25, -0.2) is 4.98 Å². The molecule has 0 spiro atoms. The third kappa shape index (κ3) is 1.27. The highest BCUT2D eigenvalue weighted by Crippen LogP contribution is 2.19. The maximum atomic E-state index is 4.50. The minimum absolute atomic E-state index is 1.05. The molecule has 3 heteroatoms. The summed E-state index contributed by atoms with van der Waals surface area (Å²) in [7, 11) is 0. The molecule has 0 aromatic carbocycles. The van der Waals surface area contributed by atoms with Gasteiger partial charge in [0, 0.05) is 16.4 Å². The topological polar surface area (TPSA) is 17.3 Å². The second-order valence-corrected chi connectivity index (χ2v) is 4.23. The van der Waals surface area contributed by atoms with Crippen molar-refractivity contribution in [2.24, 2.45) is 0 Å². The first-order valence-corrected chi connectivity index (χ1v) is 5.00. The van der Waals surface area contributed by atoms with Gasteiger partial charge in [0.05, 0.1) is 5.69 Å². The van der Waals surface area contributed by atoms with Gasteiger partial charge < -0.3 is 4.40 Å². The van der Waals surface area contributed by atoms with E-state index in [-0.39, 0.29) is 0 Å². The van der Waals surface area contributed by atoms with Gasteiger partial charge in [0.1, 0.15) is 5.65 Å². The Bertz CT molecular complexity index is 471.